The zero-order valence-electron chi connectivity index (χ0n) is 15.9. The first-order valence-corrected chi connectivity index (χ1v) is 9.13. The number of carbonyl (C=O) groups excluding carboxylic acids is 1. The van der Waals surface area contributed by atoms with Gasteiger partial charge in [0.25, 0.3) is 0 Å². The molecule has 0 unspecified atom stereocenters. The minimum atomic E-state index is -0.246. The molecule has 154 valence electrons. The topological polar surface area (TPSA) is 44.8 Å². The van der Waals surface area contributed by atoms with Gasteiger partial charge in [-0.2, -0.15) is 0 Å². The molecule has 2 aliphatic rings. The molecule has 2 saturated heterocycles. The van der Waals surface area contributed by atoms with Gasteiger partial charge in [-0.1, -0.05) is 0 Å². The molecule has 27 heavy (non-hydrogen) atoms. The highest BCUT2D eigenvalue weighted by Crippen LogP contribution is 2.23. The van der Waals surface area contributed by atoms with Crippen LogP contribution >= 0.6 is 24.8 Å². The standard InChI is InChI=1S/C19H28FN3O2.2ClH/c1-14-11-15(5-6-21-14)19(24)23-9-7-22(8-10-23)13-16-12-17(20)3-4-18(16)25-2;;/h3-4,12,14-15,21H,5-11,13H2,1-2H3;2*1H/t14-,15-;;/m0../s1. The number of benzene rings is 1. The van der Waals surface area contributed by atoms with E-state index in [0.29, 0.717) is 24.2 Å². The first-order chi connectivity index (χ1) is 12.1. The molecule has 2 heterocycles. The van der Waals surface area contributed by atoms with Gasteiger partial charge in [0.15, 0.2) is 0 Å². The van der Waals surface area contributed by atoms with E-state index < -0.39 is 0 Å². The molecule has 0 bridgehead atoms. The zero-order valence-corrected chi connectivity index (χ0v) is 17.6. The first-order valence-electron chi connectivity index (χ1n) is 9.13. The van der Waals surface area contributed by atoms with Crippen LogP contribution in [0.5, 0.6) is 5.75 Å². The third-order valence-corrected chi connectivity index (χ3v) is 5.29. The second-order valence-electron chi connectivity index (χ2n) is 7.13. The van der Waals surface area contributed by atoms with Crippen molar-refractivity contribution in [2.75, 3.05) is 39.8 Å². The normalized spacial score (nSPS) is 23.1. The Balaban J connectivity index is 0.00000182. The molecule has 2 fully saturated rings. The van der Waals surface area contributed by atoms with Crippen LogP contribution in [0.25, 0.3) is 0 Å². The molecule has 3 rings (SSSR count). The zero-order chi connectivity index (χ0) is 17.8. The molecule has 0 aromatic heterocycles. The predicted molar refractivity (Wildman–Crippen MR) is 109 cm³/mol. The molecule has 0 saturated carbocycles. The van der Waals surface area contributed by atoms with Crippen molar-refractivity contribution in [2.45, 2.75) is 32.4 Å². The Kier molecular flexibility index (Phi) is 9.81. The van der Waals surface area contributed by atoms with Crippen molar-refractivity contribution >= 4 is 30.7 Å². The number of rotatable bonds is 4. The summed E-state index contributed by atoms with van der Waals surface area (Å²) in [6, 6.07) is 5.04. The highest BCUT2D eigenvalue weighted by Gasteiger charge is 2.30. The Bertz CT molecular complexity index is 613. The molecular formula is C19H30Cl2FN3O2. The Morgan fingerprint density at radius 3 is 2.59 bits per heavy atom. The molecule has 0 spiro atoms. The molecule has 0 aliphatic carbocycles. The number of nitrogens with one attached hydrogen (secondary N) is 1. The summed E-state index contributed by atoms with van der Waals surface area (Å²) in [5, 5.41) is 3.40. The van der Waals surface area contributed by atoms with Crippen LogP contribution in [-0.4, -0.2) is 61.6 Å². The molecule has 2 atom stereocenters. The molecule has 2 aliphatic heterocycles. The largest absolute Gasteiger partial charge is 0.496 e. The third kappa shape index (κ3) is 6.21. The summed E-state index contributed by atoms with van der Waals surface area (Å²) < 4.78 is 18.8. The van der Waals surface area contributed by atoms with Crippen molar-refractivity contribution in [1.82, 2.24) is 15.1 Å². The van der Waals surface area contributed by atoms with E-state index in [1.807, 2.05) is 4.90 Å². The Morgan fingerprint density at radius 2 is 1.96 bits per heavy atom. The van der Waals surface area contributed by atoms with Crippen LogP contribution in [0.4, 0.5) is 4.39 Å². The lowest BCUT2D eigenvalue weighted by Crippen LogP contribution is -2.51. The third-order valence-electron chi connectivity index (χ3n) is 5.29. The highest BCUT2D eigenvalue weighted by molar-refractivity contribution is 5.85. The number of methoxy groups -OCH3 is 1. The second-order valence-corrected chi connectivity index (χ2v) is 7.13. The first kappa shape index (κ1) is 24.0. The molecule has 1 amide bonds. The average Bonchev–Trinajstić information content (AvgIpc) is 2.62. The van der Waals surface area contributed by atoms with Crippen molar-refractivity contribution in [3.05, 3.63) is 29.6 Å². The van der Waals surface area contributed by atoms with Crippen LogP contribution in [0.2, 0.25) is 0 Å². The maximum Gasteiger partial charge on any atom is 0.225 e. The van der Waals surface area contributed by atoms with E-state index in [2.05, 4.69) is 17.1 Å². The molecule has 5 nitrogen and oxygen atoms in total. The second kappa shape index (κ2) is 11.1. The molecule has 8 heteroatoms. The van der Waals surface area contributed by atoms with E-state index >= 15 is 0 Å². The summed E-state index contributed by atoms with van der Waals surface area (Å²) >= 11 is 0. The van der Waals surface area contributed by atoms with Gasteiger partial charge in [0.1, 0.15) is 11.6 Å². The van der Waals surface area contributed by atoms with Crippen LogP contribution in [-0.2, 0) is 11.3 Å². The van der Waals surface area contributed by atoms with Crippen molar-refractivity contribution in [3.8, 4) is 5.75 Å². The summed E-state index contributed by atoms with van der Waals surface area (Å²) in [5.74, 6) is 0.927. The molecular weight excluding hydrogens is 392 g/mol. The van der Waals surface area contributed by atoms with E-state index in [1.165, 1.54) is 12.1 Å². The quantitative estimate of drug-likeness (QED) is 0.811. The Labute approximate surface area is 173 Å². The van der Waals surface area contributed by atoms with Crippen LogP contribution in [0, 0.1) is 11.7 Å². The van der Waals surface area contributed by atoms with E-state index in [0.717, 1.165) is 51.1 Å². The van der Waals surface area contributed by atoms with E-state index in [1.54, 1.807) is 13.2 Å². The Morgan fingerprint density at radius 1 is 1.26 bits per heavy atom. The number of nitrogens with zero attached hydrogens (tertiary/aromatic N) is 2. The van der Waals surface area contributed by atoms with E-state index in [-0.39, 0.29) is 36.5 Å². The monoisotopic (exact) mass is 421 g/mol. The van der Waals surface area contributed by atoms with Crippen molar-refractivity contribution in [1.29, 1.82) is 0 Å². The highest BCUT2D eigenvalue weighted by atomic mass is 35.5. The summed E-state index contributed by atoms with van der Waals surface area (Å²) in [6.45, 7) is 6.83. The summed E-state index contributed by atoms with van der Waals surface area (Å²) in [4.78, 5) is 17.0. The van der Waals surface area contributed by atoms with Gasteiger partial charge >= 0.3 is 0 Å². The van der Waals surface area contributed by atoms with Crippen LogP contribution < -0.4 is 10.1 Å². The van der Waals surface area contributed by atoms with E-state index in [9.17, 15) is 9.18 Å². The summed E-state index contributed by atoms with van der Waals surface area (Å²) in [6.07, 6.45) is 1.86. The molecule has 0 radical (unpaired) electrons. The van der Waals surface area contributed by atoms with Crippen molar-refractivity contribution in [3.63, 3.8) is 0 Å². The number of hydrogen-bond acceptors (Lipinski definition) is 4. The molecule has 1 aromatic carbocycles. The van der Waals surface area contributed by atoms with Crippen LogP contribution in [0.15, 0.2) is 18.2 Å². The minimum Gasteiger partial charge on any atom is -0.496 e. The van der Waals surface area contributed by atoms with Crippen molar-refractivity contribution < 1.29 is 13.9 Å². The number of hydrogen-bond donors (Lipinski definition) is 1. The number of amides is 1. The van der Waals surface area contributed by atoms with Gasteiger partial charge in [-0.05, 0) is 44.5 Å². The number of ether oxygens (including phenoxy) is 1. The van der Waals surface area contributed by atoms with Crippen molar-refractivity contribution in [2.24, 2.45) is 5.92 Å². The fraction of sp³-hybridized carbons (Fsp3) is 0.632. The fourth-order valence-corrected chi connectivity index (χ4v) is 3.85. The maximum absolute atomic E-state index is 13.5. The van der Waals surface area contributed by atoms with Crippen LogP contribution in [0.1, 0.15) is 25.3 Å². The number of halogens is 3. The van der Waals surface area contributed by atoms with Gasteiger partial charge in [0.2, 0.25) is 5.91 Å². The van der Waals surface area contributed by atoms with Gasteiger partial charge < -0.3 is 15.0 Å². The lowest BCUT2D eigenvalue weighted by Gasteiger charge is -2.38. The molecule has 1 aromatic rings. The maximum atomic E-state index is 13.5. The van der Waals surface area contributed by atoms with Gasteiger partial charge in [0, 0.05) is 50.2 Å². The van der Waals surface area contributed by atoms with Gasteiger partial charge in [-0.15, -0.1) is 24.8 Å². The minimum absolute atomic E-state index is 0. The number of carbonyl (C=O) groups is 1. The van der Waals surface area contributed by atoms with Crippen LogP contribution in [0.3, 0.4) is 0 Å². The fourth-order valence-electron chi connectivity index (χ4n) is 3.85. The van der Waals surface area contributed by atoms with Gasteiger partial charge in [0.05, 0.1) is 7.11 Å². The average molecular weight is 422 g/mol. The lowest BCUT2D eigenvalue weighted by molar-refractivity contribution is -0.138. The smallest absolute Gasteiger partial charge is 0.225 e. The number of piperidine rings is 1. The number of piperazine rings is 1. The molecule has 1 N–H and O–H groups in total. The van der Waals surface area contributed by atoms with Gasteiger partial charge in [-0.25, -0.2) is 4.39 Å². The predicted octanol–water partition coefficient (Wildman–Crippen LogP) is 2.71. The lowest BCUT2D eigenvalue weighted by atomic mass is 9.92. The SMILES string of the molecule is COc1ccc(F)cc1CN1CCN(C(=O)[C@H]2CCN[C@@H](C)C2)CC1.Cl.Cl. The summed E-state index contributed by atoms with van der Waals surface area (Å²) in [7, 11) is 1.60. The summed E-state index contributed by atoms with van der Waals surface area (Å²) in [5.41, 5.74) is 0.856. The van der Waals surface area contributed by atoms with Gasteiger partial charge in [-0.3, -0.25) is 9.69 Å². The van der Waals surface area contributed by atoms with E-state index in [4.69, 9.17) is 4.74 Å². The Hall–Kier alpha value is -1.08.